The molecule has 1 N–H and O–H groups in total. The zero-order valence-corrected chi connectivity index (χ0v) is 12.2. The molecule has 0 bridgehead atoms. The predicted molar refractivity (Wildman–Crippen MR) is 82.9 cm³/mol. The normalized spacial score (nSPS) is 12.2. The van der Waals surface area contributed by atoms with Gasteiger partial charge in [0.25, 0.3) is 0 Å². The molecule has 0 fully saturated rings. The quantitative estimate of drug-likeness (QED) is 0.832. The maximum atomic E-state index is 9.79. The molecule has 1 atom stereocenters. The first-order chi connectivity index (χ1) is 9.74. The maximum absolute atomic E-state index is 9.79. The lowest BCUT2D eigenvalue weighted by Crippen LogP contribution is -1.95. The van der Waals surface area contributed by atoms with Crippen molar-refractivity contribution in [1.29, 1.82) is 0 Å². The third-order valence-corrected chi connectivity index (χ3v) is 3.34. The van der Waals surface area contributed by atoms with Gasteiger partial charge < -0.3 is 9.84 Å². The monoisotopic (exact) mass is 270 g/mol. The third-order valence-electron chi connectivity index (χ3n) is 3.34. The second kappa shape index (κ2) is 7.11. The van der Waals surface area contributed by atoms with E-state index in [0.717, 1.165) is 41.9 Å². The van der Waals surface area contributed by atoms with Crippen molar-refractivity contribution in [3.05, 3.63) is 54.1 Å². The molecule has 2 nitrogen and oxygen atoms in total. The van der Waals surface area contributed by atoms with Crippen LogP contribution in [0.2, 0.25) is 0 Å². The average Bonchev–Trinajstić information content (AvgIpc) is 2.53. The Morgan fingerprint density at radius 1 is 0.900 bits per heavy atom. The van der Waals surface area contributed by atoms with Crippen LogP contribution in [0.15, 0.2) is 48.5 Å². The molecule has 0 saturated carbocycles. The van der Waals surface area contributed by atoms with Gasteiger partial charge in [0.15, 0.2) is 0 Å². The molecule has 2 heteroatoms. The van der Waals surface area contributed by atoms with E-state index in [1.54, 1.807) is 0 Å². The summed E-state index contributed by atoms with van der Waals surface area (Å²) in [4.78, 5) is 0. The SMILES string of the molecule is CCCOc1ccc(-c2ccc(C(O)CC)cc2)cc1. The van der Waals surface area contributed by atoms with Crippen molar-refractivity contribution in [3.63, 3.8) is 0 Å². The number of hydrogen-bond donors (Lipinski definition) is 1. The fourth-order valence-electron chi connectivity index (χ4n) is 2.10. The molecular weight excluding hydrogens is 248 g/mol. The summed E-state index contributed by atoms with van der Waals surface area (Å²) >= 11 is 0. The van der Waals surface area contributed by atoms with E-state index in [-0.39, 0.29) is 6.10 Å². The molecule has 0 saturated heterocycles. The molecule has 2 aromatic carbocycles. The third kappa shape index (κ3) is 3.61. The minimum atomic E-state index is -0.367. The Balaban J connectivity index is 2.11. The fourth-order valence-corrected chi connectivity index (χ4v) is 2.10. The van der Waals surface area contributed by atoms with E-state index in [9.17, 15) is 5.11 Å². The molecule has 0 heterocycles. The van der Waals surface area contributed by atoms with Crippen molar-refractivity contribution < 1.29 is 9.84 Å². The molecular formula is C18H22O2. The Hall–Kier alpha value is -1.80. The molecule has 106 valence electrons. The summed E-state index contributed by atoms with van der Waals surface area (Å²) in [5.74, 6) is 0.911. The van der Waals surface area contributed by atoms with Gasteiger partial charge in [-0.2, -0.15) is 0 Å². The predicted octanol–water partition coefficient (Wildman–Crippen LogP) is 4.59. The van der Waals surface area contributed by atoms with Gasteiger partial charge in [-0.3, -0.25) is 0 Å². The van der Waals surface area contributed by atoms with Crippen LogP contribution in [-0.4, -0.2) is 11.7 Å². The lowest BCUT2D eigenvalue weighted by atomic mass is 10.0. The summed E-state index contributed by atoms with van der Waals surface area (Å²) in [5.41, 5.74) is 3.28. The van der Waals surface area contributed by atoms with Gasteiger partial charge >= 0.3 is 0 Å². The number of hydrogen-bond acceptors (Lipinski definition) is 2. The Labute approximate surface area is 121 Å². The molecule has 2 rings (SSSR count). The lowest BCUT2D eigenvalue weighted by Gasteiger charge is -2.10. The van der Waals surface area contributed by atoms with Gasteiger partial charge in [0, 0.05) is 0 Å². The standard InChI is InChI=1S/C18H22O2/c1-3-13-20-17-11-9-15(10-12-17)14-5-7-16(8-6-14)18(19)4-2/h5-12,18-19H,3-4,13H2,1-2H3. The first-order valence-electron chi connectivity index (χ1n) is 7.25. The summed E-state index contributed by atoms with van der Waals surface area (Å²) in [6.07, 6.45) is 1.39. The van der Waals surface area contributed by atoms with Crippen LogP contribution in [0.1, 0.15) is 38.4 Å². The number of benzene rings is 2. The van der Waals surface area contributed by atoms with E-state index in [1.165, 1.54) is 0 Å². The first-order valence-corrected chi connectivity index (χ1v) is 7.25. The Bertz CT molecular complexity index is 514. The highest BCUT2D eigenvalue weighted by Gasteiger charge is 2.05. The van der Waals surface area contributed by atoms with Crippen LogP contribution in [0.4, 0.5) is 0 Å². The zero-order valence-electron chi connectivity index (χ0n) is 12.2. The van der Waals surface area contributed by atoms with Crippen LogP contribution in [-0.2, 0) is 0 Å². The molecule has 2 aromatic rings. The van der Waals surface area contributed by atoms with E-state index < -0.39 is 0 Å². The minimum Gasteiger partial charge on any atom is -0.494 e. The second-order valence-corrected chi connectivity index (χ2v) is 4.92. The van der Waals surface area contributed by atoms with Crippen molar-refractivity contribution in [3.8, 4) is 16.9 Å². The second-order valence-electron chi connectivity index (χ2n) is 4.92. The number of rotatable bonds is 6. The topological polar surface area (TPSA) is 29.5 Å². The van der Waals surface area contributed by atoms with Gasteiger partial charge in [-0.25, -0.2) is 0 Å². The van der Waals surface area contributed by atoms with Crippen molar-refractivity contribution in [2.45, 2.75) is 32.8 Å². The van der Waals surface area contributed by atoms with Gasteiger partial charge in [-0.1, -0.05) is 50.2 Å². The molecule has 0 aromatic heterocycles. The van der Waals surface area contributed by atoms with E-state index in [2.05, 4.69) is 31.2 Å². The van der Waals surface area contributed by atoms with Gasteiger partial charge in [0.05, 0.1) is 12.7 Å². The molecule has 0 aliphatic rings. The van der Waals surface area contributed by atoms with Crippen molar-refractivity contribution in [2.75, 3.05) is 6.61 Å². The van der Waals surface area contributed by atoms with Crippen LogP contribution >= 0.6 is 0 Å². The summed E-state index contributed by atoms with van der Waals surface area (Å²) in [6, 6.07) is 16.2. The maximum Gasteiger partial charge on any atom is 0.119 e. The zero-order chi connectivity index (χ0) is 14.4. The molecule has 1 unspecified atom stereocenters. The lowest BCUT2D eigenvalue weighted by molar-refractivity contribution is 0.173. The van der Waals surface area contributed by atoms with E-state index in [4.69, 9.17) is 4.74 Å². The van der Waals surface area contributed by atoms with Gasteiger partial charge in [-0.05, 0) is 41.7 Å². The molecule has 0 aliphatic carbocycles. The van der Waals surface area contributed by atoms with Gasteiger partial charge in [-0.15, -0.1) is 0 Å². The van der Waals surface area contributed by atoms with Crippen LogP contribution in [0, 0.1) is 0 Å². The Kier molecular flexibility index (Phi) is 5.19. The van der Waals surface area contributed by atoms with Crippen LogP contribution < -0.4 is 4.74 Å². The molecule has 0 aliphatic heterocycles. The first kappa shape index (κ1) is 14.6. The highest BCUT2D eigenvalue weighted by Crippen LogP contribution is 2.25. The Morgan fingerprint density at radius 2 is 1.45 bits per heavy atom. The summed E-state index contributed by atoms with van der Waals surface area (Å²) < 4.78 is 5.58. The number of aliphatic hydroxyl groups excluding tert-OH is 1. The average molecular weight is 270 g/mol. The smallest absolute Gasteiger partial charge is 0.119 e. The largest absolute Gasteiger partial charge is 0.494 e. The summed E-state index contributed by atoms with van der Waals surface area (Å²) in [7, 11) is 0. The van der Waals surface area contributed by atoms with E-state index in [1.807, 2.05) is 31.2 Å². The highest BCUT2D eigenvalue weighted by molar-refractivity contribution is 5.64. The molecule has 20 heavy (non-hydrogen) atoms. The van der Waals surface area contributed by atoms with E-state index in [0.29, 0.717) is 0 Å². The fraction of sp³-hybridized carbons (Fsp3) is 0.333. The number of ether oxygens (including phenoxy) is 1. The van der Waals surface area contributed by atoms with Crippen LogP contribution in [0.5, 0.6) is 5.75 Å². The summed E-state index contributed by atoms with van der Waals surface area (Å²) in [6.45, 7) is 4.83. The molecule has 0 amide bonds. The molecule has 0 radical (unpaired) electrons. The number of aliphatic hydroxyl groups is 1. The molecule has 0 spiro atoms. The van der Waals surface area contributed by atoms with E-state index >= 15 is 0 Å². The van der Waals surface area contributed by atoms with Gasteiger partial charge in [0.1, 0.15) is 5.75 Å². The van der Waals surface area contributed by atoms with Crippen molar-refractivity contribution >= 4 is 0 Å². The highest BCUT2D eigenvalue weighted by atomic mass is 16.5. The van der Waals surface area contributed by atoms with Crippen molar-refractivity contribution in [2.24, 2.45) is 0 Å². The Morgan fingerprint density at radius 3 is 1.95 bits per heavy atom. The van der Waals surface area contributed by atoms with Crippen LogP contribution in [0.3, 0.4) is 0 Å². The van der Waals surface area contributed by atoms with Crippen molar-refractivity contribution in [1.82, 2.24) is 0 Å². The van der Waals surface area contributed by atoms with Crippen LogP contribution in [0.25, 0.3) is 11.1 Å². The minimum absolute atomic E-state index is 0.367. The summed E-state index contributed by atoms with van der Waals surface area (Å²) in [5, 5.41) is 9.79. The van der Waals surface area contributed by atoms with Gasteiger partial charge in [0.2, 0.25) is 0 Å².